The first kappa shape index (κ1) is 45.9. The third-order valence-electron chi connectivity index (χ3n) is 17.0. The van der Waals surface area contributed by atoms with E-state index in [-0.39, 0.29) is 0 Å². The maximum atomic E-state index is 2.59. The van der Waals surface area contributed by atoms with Crippen molar-refractivity contribution in [1.29, 1.82) is 0 Å². The maximum absolute atomic E-state index is 2.59. The largest absolute Gasteiger partial charge is 0.310 e. The second-order valence-corrected chi connectivity index (χ2v) is 21.7. The second kappa shape index (κ2) is 19.1. The van der Waals surface area contributed by atoms with Gasteiger partial charge in [-0.25, -0.2) is 0 Å². The molecule has 2 saturated carbocycles. The number of hydrogen-bond acceptors (Lipinski definition) is 2. The predicted molar refractivity (Wildman–Crippen MR) is 310 cm³/mol. The number of benzene rings is 10. The molecule has 0 bridgehead atoms. The van der Waals surface area contributed by atoms with Crippen molar-refractivity contribution in [3.8, 4) is 22.3 Å². The average molecular weight is 937 g/mol. The molecule has 2 nitrogen and oxygen atoms in total. The monoisotopic (exact) mass is 937 g/mol. The van der Waals surface area contributed by atoms with Crippen molar-refractivity contribution in [2.24, 2.45) is 0 Å². The summed E-state index contributed by atoms with van der Waals surface area (Å²) in [6, 6.07) is 65.9. The zero-order valence-corrected chi connectivity index (χ0v) is 43.3. The summed E-state index contributed by atoms with van der Waals surface area (Å²) in [6.07, 6.45) is 13.0. The first-order valence-corrected chi connectivity index (χ1v) is 27.1. The van der Waals surface area contributed by atoms with Gasteiger partial charge in [-0.15, -0.1) is 0 Å². The lowest BCUT2D eigenvalue weighted by molar-refractivity contribution is 0.443. The second-order valence-electron chi connectivity index (χ2n) is 21.7. The average Bonchev–Trinajstić information content (AvgIpc) is 3.41. The molecule has 0 radical (unpaired) electrons. The summed E-state index contributed by atoms with van der Waals surface area (Å²) >= 11 is 0. The van der Waals surface area contributed by atoms with Gasteiger partial charge in [-0.3, -0.25) is 0 Å². The van der Waals surface area contributed by atoms with Crippen LogP contribution in [-0.2, 0) is 0 Å². The molecule has 2 fully saturated rings. The lowest BCUT2D eigenvalue weighted by Crippen LogP contribution is -2.14. The summed E-state index contributed by atoms with van der Waals surface area (Å²) in [4.78, 5) is 5.19. The summed E-state index contributed by atoms with van der Waals surface area (Å²) in [5.41, 5.74) is 23.1. The Labute approximate surface area is 428 Å². The Bertz CT molecular complexity index is 3360. The molecule has 2 aliphatic carbocycles. The van der Waals surface area contributed by atoms with E-state index in [0.717, 1.165) is 0 Å². The molecule has 12 rings (SSSR count). The van der Waals surface area contributed by atoms with Crippen LogP contribution >= 0.6 is 0 Å². The van der Waals surface area contributed by atoms with Crippen molar-refractivity contribution in [3.05, 3.63) is 214 Å². The zero-order valence-electron chi connectivity index (χ0n) is 43.3. The summed E-state index contributed by atoms with van der Waals surface area (Å²) in [5, 5.41) is 7.69. The van der Waals surface area contributed by atoms with E-state index >= 15 is 0 Å². The molecule has 0 aromatic heterocycles. The fraction of sp³-hybridized carbons (Fsp3) is 0.257. The predicted octanol–water partition coefficient (Wildman–Crippen LogP) is 20.8. The van der Waals surface area contributed by atoms with Gasteiger partial charge in [0.15, 0.2) is 0 Å². The minimum Gasteiger partial charge on any atom is -0.310 e. The van der Waals surface area contributed by atoms with E-state index < -0.39 is 0 Å². The zero-order chi connectivity index (χ0) is 49.0. The highest BCUT2D eigenvalue weighted by atomic mass is 15.2. The molecule has 358 valence electrons. The van der Waals surface area contributed by atoms with Gasteiger partial charge in [0.1, 0.15) is 0 Å². The highest BCUT2D eigenvalue weighted by Gasteiger charge is 2.26. The van der Waals surface area contributed by atoms with Gasteiger partial charge in [0, 0.05) is 33.5 Å². The summed E-state index contributed by atoms with van der Waals surface area (Å²) < 4.78 is 0. The number of hydrogen-bond donors (Lipinski definition) is 0. The fourth-order valence-corrected chi connectivity index (χ4v) is 13.2. The van der Waals surface area contributed by atoms with Gasteiger partial charge in [0.05, 0.1) is 11.4 Å². The Kier molecular flexibility index (Phi) is 12.2. The molecule has 0 aliphatic heterocycles. The molecule has 0 heterocycles. The van der Waals surface area contributed by atoms with Crippen molar-refractivity contribution in [3.63, 3.8) is 0 Å². The van der Waals surface area contributed by atoms with E-state index in [1.165, 1.54) is 197 Å². The lowest BCUT2D eigenvalue weighted by atomic mass is 9.84. The van der Waals surface area contributed by atoms with Crippen molar-refractivity contribution >= 4 is 66.4 Å². The summed E-state index contributed by atoms with van der Waals surface area (Å²) in [6.45, 7) is 13.6. The molecule has 0 saturated heterocycles. The van der Waals surface area contributed by atoms with E-state index in [2.05, 4.69) is 221 Å². The minimum atomic E-state index is 0.596. The van der Waals surface area contributed by atoms with E-state index in [1.54, 1.807) is 0 Å². The van der Waals surface area contributed by atoms with Gasteiger partial charge in [0.2, 0.25) is 0 Å². The van der Waals surface area contributed by atoms with Crippen LogP contribution in [0.5, 0.6) is 0 Å². The van der Waals surface area contributed by atoms with Crippen molar-refractivity contribution in [2.75, 3.05) is 9.80 Å². The van der Waals surface area contributed by atoms with Crippen LogP contribution in [0.15, 0.2) is 170 Å². The molecule has 10 aromatic rings. The molecular weight excluding hydrogens is 869 g/mol. The smallest absolute Gasteiger partial charge is 0.0540 e. The maximum Gasteiger partial charge on any atom is 0.0540 e. The Hall–Kier alpha value is -7.16. The van der Waals surface area contributed by atoms with Crippen LogP contribution in [0.3, 0.4) is 0 Å². The number of nitrogens with zero attached hydrogens (tertiary/aromatic N) is 2. The van der Waals surface area contributed by atoms with Crippen molar-refractivity contribution < 1.29 is 0 Å². The van der Waals surface area contributed by atoms with E-state index in [9.17, 15) is 0 Å². The first-order chi connectivity index (χ1) is 35.2. The number of rotatable bonds is 10. The SMILES string of the molecule is Cc1ccc(-c2c(C)cccc2C)cc1N(c1cccc(C2CCCCC2)c1)c1ccc2ccc3c(N(c4cccc(C5CCCCC5)c4)c4cc(-c5c(C)cccc5C)ccc4C)ccc4ccc1c2c43. The molecule has 0 spiro atoms. The van der Waals surface area contributed by atoms with Gasteiger partial charge in [-0.2, -0.15) is 0 Å². The molecule has 0 atom stereocenters. The minimum absolute atomic E-state index is 0.596. The van der Waals surface area contributed by atoms with E-state index in [0.29, 0.717) is 11.8 Å². The van der Waals surface area contributed by atoms with Crippen LogP contribution in [0.1, 0.15) is 121 Å². The first-order valence-electron chi connectivity index (χ1n) is 27.1. The lowest BCUT2D eigenvalue weighted by Gasteiger charge is -2.32. The normalized spacial score (nSPS) is 14.7. The van der Waals surface area contributed by atoms with Crippen LogP contribution in [0.25, 0.3) is 54.6 Å². The molecule has 10 aromatic carbocycles. The topological polar surface area (TPSA) is 6.48 Å². The third kappa shape index (κ3) is 8.23. The molecular formula is C70H68N2. The fourth-order valence-electron chi connectivity index (χ4n) is 13.2. The quantitative estimate of drug-likeness (QED) is 0.126. The standard InChI is InChI=1S/C70H68N2/c1-45-29-31-57(67-47(3)17-13-18-48(67)4)43-65(45)71(59-27-15-25-55(41-59)51-21-9-7-10-22-51)63-39-35-53-34-38-62-64(40-36-54-33-37-61(63)69(53)70(54)62)72(60-28-16-26-56(42-60)52-23-11-8-12-24-52)66-44-58(32-30-46(66)2)68-49(5)19-14-20-50(68)6/h13-20,25-44,51-52H,7-12,21-24H2,1-6H3. The molecule has 2 heteroatoms. The van der Waals surface area contributed by atoms with Crippen molar-refractivity contribution in [1.82, 2.24) is 0 Å². The van der Waals surface area contributed by atoms with Crippen LogP contribution in [-0.4, -0.2) is 0 Å². The van der Waals surface area contributed by atoms with Crippen LogP contribution in [0, 0.1) is 41.5 Å². The molecule has 0 N–H and O–H groups in total. The Balaban J connectivity index is 1.09. The number of anilines is 6. The van der Waals surface area contributed by atoms with Crippen LogP contribution in [0.4, 0.5) is 34.1 Å². The van der Waals surface area contributed by atoms with Gasteiger partial charge < -0.3 is 9.80 Å². The summed E-state index contributed by atoms with van der Waals surface area (Å²) in [7, 11) is 0. The Morgan fingerprint density at radius 3 is 1.10 bits per heavy atom. The van der Waals surface area contributed by atoms with Crippen LogP contribution in [0.2, 0.25) is 0 Å². The third-order valence-corrected chi connectivity index (χ3v) is 17.0. The molecule has 2 aliphatic rings. The van der Waals surface area contributed by atoms with Gasteiger partial charge in [0.25, 0.3) is 0 Å². The van der Waals surface area contributed by atoms with E-state index in [1.807, 2.05) is 0 Å². The number of aryl methyl sites for hydroxylation is 6. The van der Waals surface area contributed by atoms with E-state index in [4.69, 9.17) is 0 Å². The molecule has 0 amide bonds. The summed E-state index contributed by atoms with van der Waals surface area (Å²) in [5.74, 6) is 1.19. The Morgan fingerprint density at radius 2 is 0.694 bits per heavy atom. The van der Waals surface area contributed by atoms with Gasteiger partial charge in [-0.1, -0.05) is 160 Å². The van der Waals surface area contributed by atoms with Gasteiger partial charge in [-0.05, 0) is 216 Å². The molecule has 0 unspecified atom stereocenters. The highest BCUT2D eigenvalue weighted by molar-refractivity contribution is 6.28. The Morgan fingerprint density at radius 1 is 0.319 bits per heavy atom. The van der Waals surface area contributed by atoms with Gasteiger partial charge >= 0.3 is 0 Å². The highest BCUT2D eigenvalue weighted by Crippen LogP contribution is 2.50. The van der Waals surface area contributed by atoms with Crippen LogP contribution < -0.4 is 9.80 Å². The van der Waals surface area contributed by atoms with Crippen molar-refractivity contribution in [2.45, 2.75) is 118 Å². The molecule has 72 heavy (non-hydrogen) atoms.